The van der Waals surface area contributed by atoms with E-state index in [1.54, 1.807) is 6.08 Å². The molecule has 0 aliphatic rings. The predicted octanol–water partition coefficient (Wildman–Crippen LogP) is 2.46. The molecule has 0 bridgehead atoms. The van der Waals surface area contributed by atoms with Gasteiger partial charge in [0.05, 0.1) is 0 Å². The molecule has 0 spiro atoms. The summed E-state index contributed by atoms with van der Waals surface area (Å²) in [7, 11) is 0. The topological polar surface area (TPSA) is 26.3 Å². The number of esters is 1. The van der Waals surface area contributed by atoms with E-state index in [0.717, 1.165) is 11.8 Å². The smallest absolute Gasteiger partial charge is 0.306 e. The number of alkyl halides is 1. The van der Waals surface area contributed by atoms with Crippen molar-refractivity contribution in [3.8, 4) is 0 Å². The Kier molecular flexibility index (Phi) is 8.07. The number of carbonyl (C=O) groups is 1. The van der Waals surface area contributed by atoms with E-state index in [9.17, 15) is 4.79 Å². The number of ether oxygens (including phenoxy) is 1. The van der Waals surface area contributed by atoms with Gasteiger partial charge in [-0.1, -0.05) is 27.5 Å². The Labute approximate surface area is 79.7 Å². The van der Waals surface area contributed by atoms with Crippen LogP contribution in [0.4, 0.5) is 0 Å². The maximum atomic E-state index is 10.8. The first-order chi connectivity index (χ1) is 5.31. The van der Waals surface area contributed by atoms with E-state index in [-0.39, 0.29) is 12.6 Å². The molecule has 0 aromatic heterocycles. The van der Waals surface area contributed by atoms with Gasteiger partial charge in [-0.05, 0) is 12.5 Å². The summed E-state index contributed by atoms with van der Waals surface area (Å²) in [4.78, 5) is 10.8. The normalized spacial score (nSPS) is 10.4. The number of hydrogen-bond donors (Lipinski definition) is 0. The predicted molar refractivity (Wildman–Crippen MR) is 49.0 cm³/mol. The van der Waals surface area contributed by atoms with Crippen LogP contribution in [-0.4, -0.2) is 17.9 Å². The van der Waals surface area contributed by atoms with Gasteiger partial charge in [0.25, 0.3) is 0 Å². The highest BCUT2D eigenvalue weighted by molar-refractivity contribution is 9.09. The third-order valence-corrected chi connectivity index (χ3v) is 1.68. The quantitative estimate of drug-likeness (QED) is 0.546. The van der Waals surface area contributed by atoms with Crippen LogP contribution < -0.4 is 0 Å². The van der Waals surface area contributed by atoms with Gasteiger partial charge in [0.1, 0.15) is 6.61 Å². The minimum atomic E-state index is -0.181. The van der Waals surface area contributed by atoms with Gasteiger partial charge in [0.2, 0.25) is 0 Å². The Hall–Kier alpha value is -0.0200. The van der Waals surface area contributed by atoms with Crippen molar-refractivity contribution in [2.45, 2.75) is 12.8 Å². The molecule has 0 unspecified atom stereocenters. The first kappa shape index (κ1) is 11.0. The van der Waals surface area contributed by atoms with Crippen molar-refractivity contribution in [2.75, 3.05) is 11.9 Å². The average Bonchev–Trinajstić information content (AvgIpc) is 2.01. The summed E-state index contributed by atoms with van der Waals surface area (Å²) in [5.41, 5.74) is 1.33. The van der Waals surface area contributed by atoms with Crippen molar-refractivity contribution >= 4 is 33.5 Å². The standard InChI is InChI=1S/C7H10BrClO2/c8-4-1-3-7(10)11-6-2-5-9/h2,5H,1,3-4,6H2/b5-2+. The first-order valence-corrected chi connectivity index (χ1v) is 4.84. The average molecular weight is 242 g/mol. The zero-order valence-corrected chi connectivity index (χ0v) is 8.40. The molecule has 0 aromatic rings. The summed E-state index contributed by atoms with van der Waals surface area (Å²) < 4.78 is 4.75. The van der Waals surface area contributed by atoms with Crippen LogP contribution in [0.2, 0.25) is 0 Å². The van der Waals surface area contributed by atoms with Crippen LogP contribution in [0, 0.1) is 0 Å². The third-order valence-electron chi connectivity index (χ3n) is 0.944. The second-order valence-electron chi connectivity index (χ2n) is 1.84. The zero-order valence-electron chi connectivity index (χ0n) is 6.06. The lowest BCUT2D eigenvalue weighted by atomic mass is 10.3. The van der Waals surface area contributed by atoms with Gasteiger partial charge in [-0.15, -0.1) is 0 Å². The number of halogens is 2. The van der Waals surface area contributed by atoms with Gasteiger partial charge in [-0.3, -0.25) is 4.79 Å². The minimum absolute atomic E-state index is 0.181. The van der Waals surface area contributed by atoms with E-state index < -0.39 is 0 Å². The Morgan fingerprint density at radius 3 is 2.91 bits per heavy atom. The van der Waals surface area contributed by atoms with Crippen molar-refractivity contribution in [3.63, 3.8) is 0 Å². The van der Waals surface area contributed by atoms with E-state index in [4.69, 9.17) is 16.3 Å². The molecule has 0 amide bonds. The van der Waals surface area contributed by atoms with E-state index in [1.807, 2.05) is 0 Å². The molecule has 0 N–H and O–H groups in total. The molecule has 2 nitrogen and oxygen atoms in total. The molecule has 0 aliphatic heterocycles. The molecular weight excluding hydrogens is 231 g/mol. The van der Waals surface area contributed by atoms with Crippen molar-refractivity contribution < 1.29 is 9.53 Å². The molecule has 4 heteroatoms. The largest absolute Gasteiger partial charge is 0.461 e. The van der Waals surface area contributed by atoms with Crippen LogP contribution in [-0.2, 0) is 9.53 Å². The van der Waals surface area contributed by atoms with Crippen LogP contribution in [0.25, 0.3) is 0 Å². The lowest BCUT2D eigenvalue weighted by Gasteiger charge is -1.98. The first-order valence-electron chi connectivity index (χ1n) is 3.28. The van der Waals surface area contributed by atoms with E-state index in [0.29, 0.717) is 6.42 Å². The molecule has 0 aromatic carbocycles. The third kappa shape index (κ3) is 7.88. The summed E-state index contributed by atoms with van der Waals surface area (Å²) >= 11 is 8.43. The number of rotatable bonds is 5. The van der Waals surface area contributed by atoms with Gasteiger partial charge in [-0.2, -0.15) is 0 Å². The SMILES string of the molecule is O=C(CCCBr)OC/C=C/Cl. The molecular formula is C7H10BrClO2. The number of carbonyl (C=O) groups excluding carboxylic acids is 1. The lowest BCUT2D eigenvalue weighted by Crippen LogP contribution is -2.03. The summed E-state index contributed by atoms with van der Waals surface area (Å²) in [6, 6.07) is 0. The highest BCUT2D eigenvalue weighted by Gasteiger charge is 1.98. The summed E-state index contributed by atoms with van der Waals surface area (Å²) in [6.07, 6.45) is 2.85. The monoisotopic (exact) mass is 240 g/mol. The van der Waals surface area contributed by atoms with Crippen molar-refractivity contribution in [1.29, 1.82) is 0 Å². The molecule has 0 rings (SSSR count). The molecule has 0 saturated carbocycles. The highest BCUT2D eigenvalue weighted by atomic mass is 79.9. The van der Waals surface area contributed by atoms with Crippen LogP contribution in [0.15, 0.2) is 11.6 Å². The Morgan fingerprint density at radius 1 is 1.64 bits per heavy atom. The van der Waals surface area contributed by atoms with Crippen LogP contribution >= 0.6 is 27.5 Å². The van der Waals surface area contributed by atoms with E-state index >= 15 is 0 Å². The van der Waals surface area contributed by atoms with E-state index in [1.165, 1.54) is 5.54 Å². The second-order valence-corrected chi connectivity index (χ2v) is 2.88. The van der Waals surface area contributed by atoms with Gasteiger partial charge in [0.15, 0.2) is 0 Å². The van der Waals surface area contributed by atoms with E-state index in [2.05, 4.69) is 15.9 Å². The fourth-order valence-corrected chi connectivity index (χ4v) is 0.814. The Bertz CT molecular complexity index is 136. The summed E-state index contributed by atoms with van der Waals surface area (Å²) in [5, 5.41) is 0.827. The maximum absolute atomic E-state index is 10.8. The fourth-order valence-electron chi connectivity index (χ4n) is 0.461. The summed E-state index contributed by atoms with van der Waals surface area (Å²) in [6.45, 7) is 0.268. The van der Waals surface area contributed by atoms with Gasteiger partial charge in [0, 0.05) is 17.3 Å². The van der Waals surface area contributed by atoms with Crippen LogP contribution in [0.5, 0.6) is 0 Å². The summed E-state index contributed by atoms with van der Waals surface area (Å²) in [5.74, 6) is -0.181. The van der Waals surface area contributed by atoms with Crippen molar-refractivity contribution in [2.24, 2.45) is 0 Å². The molecule has 0 atom stereocenters. The van der Waals surface area contributed by atoms with Crippen LogP contribution in [0.1, 0.15) is 12.8 Å². The molecule has 0 radical (unpaired) electrons. The Morgan fingerprint density at radius 2 is 2.36 bits per heavy atom. The van der Waals surface area contributed by atoms with Gasteiger partial charge in [-0.25, -0.2) is 0 Å². The number of hydrogen-bond acceptors (Lipinski definition) is 2. The van der Waals surface area contributed by atoms with Crippen molar-refractivity contribution in [3.05, 3.63) is 11.6 Å². The Balaban J connectivity index is 3.22. The van der Waals surface area contributed by atoms with Gasteiger partial charge < -0.3 is 4.74 Å². The highest BCUT2D eigenvalue weighted by Crippen LogP contribution is 1.96. The molecule has 64 valence electrons. The molecule has 11 heavy (non-hydrogen) atoms. The molecule has 0 aliphatic carbocycles. The zero-order chi connectivity index (χ0) is 8.53. The van der Waals surface area contributed by atoms with Crippen LogP contribution in [0.3, 0.4) is 0 Å². The lowest BCUT2D eigenvalue weighted by molar-refractivity contribution is -0.142. The second kappa shape index (κ2) is 8.08. The van der Waals surface area contributed by atoms with Crippen molar-refractivity contribution in [1.82, 2.24) is 0 Å². The molecule has 0 saturated heterocycles. The van der Waals surface area contributed by atoms with Gasteiger partial charge >= 0.3 is 5.97 Å². The fraction of sp³-hybridized carbons (Fsp3) is 0.571. The minimum Gasteiger partial charge on any atom is -0.461 e. The molecule has 0 heterocycles. The maximum Gasteiger partial charge on any atom is 0.306 e. The molecule has 0 fully saturated rings.